The van der Waals surface area contributed by atoms with E-state index in [9.17, 15) is 5.26 Å². The molecule has 0 saturated carbocycles. The minimum atomic E-state index is 0.0122. The van der Waals surface area contributed by atoms with Gasteiger partial charge < -0.3 is 14.8 Å². The van der Waals surface area contributed by atoms with Gasteiger partial charge in [-0.3, -0.25) is 0 Å². The van der Waals surface area contributed by atoms with Crippen LogP contribution in [0.25, 0.3) is 0 Å². The van der Waals surface area contributed by atoms with E-state index >= 15 is 0 Å². The lowest BCUT2D eigenvalue weighted by Crippen LogP contribution is -2.45. The van der Waals surface area contributed by atoms with Gasteiger partial charge in [-0.2, -0.15) is 5.26 Å². The molecule has 1 fully saturated rings. The van der Waals surface area contributed by atoms with Crippen molar-refractivity contribution in [3.05, 3.63) is 22.9 Å². The molecule has 2 atom stereocenters. The lowest BCUT2D eigenvalue weighted by molar-refractivity contribution is -0.0477. The molecule has 0 aromatic carbocycles. The van der Waals surface area contributed by atoms with E-state index in [1.54, 1.807) is 0 Å². The summed E-state index contributed by atoms with van der Waals surface area (Å²) in [5.41, 5.74) is 2.83. The molecule has 3 rings (SSSR count). The quantitative estimate of drug-likeness (QED) is 0.914. The van der Waals surface area contributed by atoms with Gasteiger partial charge in [0.1, 0.15) is 24.3 Å². The van der Waals surface area contributed by atoms with Crippen LogP contribution in [-0.4, -0.2) is 36.9 Å². The van der Waals surface area contributed by atoms with Gasteiger partial charge in [-0.15, -0.1) is 0 Å². The molecule has 0 amide bonds. The van der Waals surface area contributed by atoms with Crippen LogP contribution in [0.3, 0.4) is 0 Å². The maximum absolute atomic E-state index is 9.29. The Bertz CT molecular complexity index is 553. The highest BCUT2D eigenvalue weighted by atomic mass is 16.5. The van der Waals surface area contributed by atoms with Gasteiger partial charge in [0.25, 0.3) is 0 Å². The molecule has 1 aliphatic carbocycles. The van der Waals surface area contributed by atoms with Crippen molar-refractivity contribution in [1.29, 1.82) is 5.26 Å². The minimum Gasteiger partial charge on any atom is -0.474 e. The van der Waals surface area contributed by atoms with E-state index in [0.717, 1.165) is 31.6 Å². The molecule has 5 heteroatoms. The SMILES string of the molecule is CC1CNCC(COc2nc3c(cc2C#N)CCCC3)O1. The molecule has 1 aromatic rings. The number of fused-ring (bicyclic) bond motifs is 1. The highest BCUT2D eigenvalue weighted by Gasteiger charge is 2.21. The molecular formula is C16H21N3O2. The van der Waals surface area contributed by atoms with Crippen molar-refractivity contribution in [3.8, 4) is 11.9 Å². The van der Waals surface area contributed by atoms with E-state index in [-0.39, 0.29) is 12.2 Å². The Morgan fingerprint density at radius 1 is 1.43 bits per heavy atom. The second kappa shape index (κ2) is 6.42. The van der Waals surface area contributed by atoms with Gasteiger partial charge in [0.2, 0.25) is 5.88 Å². The largest absolute Gasteiger partial charge is 0.474 e. The lowest BCUT2D eigenvalue weighted by Gasteiger charge is -2.28. The first-order valence-electron chi connectivity index (χ1n) is 7.68. The van der Waals surface area contributed by atoms with Crippen molar-refractivity contribution >= 4 is 0 Å². The van der Waals surface area contributed by atoms with Crippen LogP contribution in [0.2, 0.25) is 0 Å². The van der Waals surface area contributed by atoms with Gasteiger partial charge in [0, 0.05) is 18.8 Å². The number of hydrogen-bond acceptors (Lipinski definition) is 5. The summed E-state index contributed by atoms with van der Waals surface area (Å²) in [5.74, 6) is 0.458. The van der Waals surface area contributed by atoms with Crippen molar-refractivity contribution in [2.24, 2.45) is 0 Å². The molecular weight excluding hydrogens is 266 g/mol. The molecule has 112 valence electrons. The Kier molecular flexibility index (Phi) is 4.37. The Balaban J connectivity index is 1.71. The third-order valence-corrected chi connectivity index (χ3v) is 4.02. The van der Waals surface area contributed by atoms with Crippen LogP contribution >= 0.6 is 0 Å². The Morgan fingerprint density at radius 3 is 3.10 bits per heavy atom. The smallest absolute Gasteiger partial charge is 0.232 e. The zero-order valence-electron chi connectivity index (χ0n) is 12.4. The summed E-state index contributed by atoms with van der Waals surface area (Å²) in [5, 5.41) is 12.6. The number of pyridine rings is 1. The van der Waals surface area contributed by atoms with Crippen LogP contribution in [0.5, 0.6) is 5.88 Å². The summed E-state index contributed by atoms with van der Waals surface area (Å²) in [4.78, 5) is 4.57. The Hall–Kier alpha value is -1.64. The summed E-state index contributed by atoms with van der Waals surface area (Å²) in [7, 11) is 0. The predicted molar refractivity (Wildman–Crippen MR) is 78.3 cm³/mol. The standard InChI is InChI=1S/C16H21N3O2/c1-11-8-18-9-14(21-11)10-20-16-13(7-17)6-12-4-2-3-5-15(12)19-16/h6,11,14,18H,2-5,8-10H2,1H3. The van der Waals surface area contributed by atoms with E-state index in [2.05, 4.69) is 16.4 Å². The van der Waals surface area contributed by atoms with Crippen molar-refractivity contribution in [3.63, 3.8) is 0 Å². The molecule has 2 aliphatic rings. The number of nitrogens with one attached hydrogen (secondary N) is 1. The fourth-order valence-corrected chi connectivity index (χ4v) is 2.95. The van der Waals surface area contributed by atoms with Crippen molar-refractivity contribution in [1.82, 2.24) is 10.3 Å². The second-order valence-electron chi connectivity index (χ2n) is 5.80. The van der Waals surface area contributed by atoms with E-state index < -0.39 is 0 Å². The topological polar surface area (TPSA) is 67.2 Å². The number of aromatic nitrogens is 1. The van der Waals surface area contributed by atoms with Crippen LogP contribution in [0.1, 0.15) is 36.6 Å². The fraction of sp³-hybridized carbons (Fsp3) is 0.625. The highest BCUT2D eigenvalue weighted by molar-refractivity contribution is 5.43. The fourth-order valence-electron chi connectivity index (χ4n) is 2.95. The van der Waals surface area contributed by atoms with Crippen molar-refractivity contribution in [2.75, 3.05) is 19.7 Å². The molecule has 2 unspecified atom stereocenters. The molecule has 0 bridgehead atoms. The molecule has 5 nitrogen and oxygen atoms in total. The van der Waals surface area contributed by atoms with E-state index in [0.29, 0.717) is 18.1 Å². The van der Waals surface area contributed by atoms with E-state index in [1.807, 2.05) is 13.0 Å². The van der Waals surface area contributed by atoms with Crippen LogP contribution < -0.4 is 10.1 Å². The maximum Gasteiger partial charge on any atom is 0.232 e. The number of nitriles is 1. The minimum absolute atomic E-state index is 0.0122. The number of nitrogens with zero attached hydrogens (tertiary/aromatic N) is 2. The molecule has 0 radical (unpaired) electrons. The summed E-state index contributed by atoms with van der Waals surface area (Å²) < 4.78 is 11.6. The van der Waals surface area contributed by atoms with Crippen molar-refractivity contribution < 1.29 is 9.47 Å². The van der Waals surface area contributed by atoms with Crippen LogP contribution in [0.4, 0.5) is 0 Å². The van der Waals surface area contributed by atoms with Crippen molar-refractivity contribution in [2.45, 2.75) is 44.8 Å². The number of ether oxygens (including phenoxy) is 2. The molecule has 1 aromatic heterocycles. The number of morpholine rings is 1. The second-order valence-corrected chi connectivity index (χ2v) is 5.80. The number of aryl methyl sites for hydroxylation is 2. The van der Waals surface area contributed by atoms with E-state index in [1.165, 1.54) is 18.4 Å². The zero-order chi connectivity index (χ0) is 14.7. The van der Waals surface area contributed by atoms with E-state index in [4.69, 9.17) is 9.47 Å². The van der Waals surface area contributed by atoms with Gasteiger partial charge >= 0.3 is 0 Å². The molecule has 21 heavy (non-hydrogen) atoms. The average molecular weight is 287 g/mol. The molecule has 1 N–H and O–H groups in total. The number of hydrogen-bond donors (Lipinski definition) is 1. The van der Waals surface area contributed by atoms with Crippen LogP contribution in [-0.2, 0) is 17.6 Å². The Labute approximate surface area is 125 Å². The van der Waals surface area contributed by atoms with Crippen LogP contribution in [0.15, 0.2) is 6.07 Å². The first-order chi connectivity index (χ1) is 10.3. The first-order valence-corrected chi connectivity index (χ1v) is 7.68. The first kappa shape index (κ1) is 14.3. The zero-order valence-corrected chi connectivity index (χ0v) is 12.4. The molecule has 2 heterocycles. The molecule has 1 aliphatic heterocycles. The van der Waals surface area contributed by atoms with Gasteiger partial charge in [0.05, 0.1) is 6.10 Å². The maximum atomic E-state index is 9.29. The lowest BCUT2D eigenvalue weighted by atomic mass is 9.95. The van der Waals surface area contributed by atoms with Crippen LogP contribution in [0, 0.1) is 11.3 Å². The Morgan fingerprint density at radius 2 is 2.29 bits per heavy atom. The predicted octanol–water partition coefficient (Wildman–Crippen LogP) is 1.59. The molecule has 0 spiro atoms. The monoisotopic (exact) mass is 287 g/mol. The average Bonchev–Trinajstić information content (AvgIpc) is 2.52. The number of rotatable bonds is 3. The third kappa shape index (κ3) is 3.34. The van der Waals surface area contributed by atoms with Gasteiger partial charge in [-0.05, 0) is 44.2 Å². The summed E-state index contributed by atoms with van der Waals surface area (Å²) >= 11 is 0. The molecule has 1 saturated heterocycles. The van der Waals surface area contributed by atoms with Gasteiger partial charge in [0.15, 0.2) is 0 Å². The highest BCUT2D eigenvalue weighted by Crippen LogP contribution is 2.25. The summed E-state index contributed by atoms with van der Waals surface area (Å²) in [6.45, 7) is 4.11. The normalized spacial score (nSPS) is 25.0. The summed E-state index contributed by atoms with van der Waals surface area (Å²) in [6.07, 6.45) is 4.55. The summed E-state index contributed by atoms with van der Waals surface area (Å²) in [6, 6.07) is 4.14. The third-order valence-electron chi connectivity index (χ3n) is 4.02. The van der Waals surface area contributed by atoms with Gasteiger partial charge in [-0.1, -0.05) is 0 Å². The van der Waals surface area contributed by atoms with Gasteiger partial charge in [-0.25, -0.2) is 4.98 Å².